The van der Waals surface area contributed by atoms with Gasteiger partial charge in [0.05, 0.1) is 0 Å². The molecule has 0 aromatic carbocycles. The summed E-state index contributed by atoms with van der Waals surface area (Å²) in [5.41, 5.74) is 1.36. The molecular formula is C18H33NOSi-. The van der Waals surface area contributed by atoms with E-state index in [0.29, 0.717) is 5.04 Å². The Morgan fingerprint density at radius 3 is 2.33 bits per heavy atom. The Morgan fingerprint density at radius 1 is 1.05 bits per heavy atom. The van der Waals surface area contributed by atoms with Gasteiger partial charge in [0, 0.05) is 19.0 Å². The SMILES string of the molecule is CC(C)(C)[Si-](C)(C)OCCCCCCCc1cccnc1. The van der Waals surface area contributed by atoms with Crippen molar-refractivity contribution in [1.29, 1.82) is 0 Å². The summed E-state index contributed by atoms with van der Waals surface area (Å²) in [5.74, 6) is 0. The third kappa shape index (κ3) is 7.23. The van der Waals surface area contributed by atoms with Crippen molar-refractivity contribution in [2.75, 3.05) is 6.61 Å². The van der Waals surface area contributed by atoms with Crippen molar-refractivity contribution in [1.82, 2.24) is 4.98 Å². The molecule has 121 valence electrons. The van der Waals surface area contributed by atoms with Crippen LogP contribution >= 0.6 is 0 Å². The second-order valence-corrected chi connectivity index (χ2v) is 12.3. The van der Waals surface area contributed by atoms with E-state index in [4.69, 9.17) is 4.43 Å². The maximum atomic E-state index is 6.20. The average Bonchev–Trinajstić information content (AvgIpc) is 2.41. The van der Waals surface area contributed by atoms with E-state index in [-0.39, 0.29) is 0 Å². The molecule has 0 aliphatic rings. The first kappa shape index (κ1) is 18.4. The first-order valence-corrected chi connectivity index (χ1v) is 11.3. The van der Waals surface area contributed by atoms with E-state index >= 15 is 0 Å². The minimum Gasteiger partial charge on any atom is -0.565 e. The number of hydrogen-bond acceptors (Lipinski definition) is 2. The van der Waals surface area contributed by atoms with Crippen LogP contribution in [0.25, 0.3) is 0 Å². The molecule has 0 saturated carbocycles. The van der Waals surface area contributed by atoms with Crippen LogP contribution < -0.4 is 0 Å². The normalized spacial score (nSPS) is 12.6. The lowest BCUT2D eigenvalue weighted by molar-refractivity contribution is 0.277. The van der Waals surface area contributed by atoms with Gasteiger partial charge >= 0.3 is 0 Å². The third-order valence-electron chi connectivity index (χ3n) is 4.60. The molecule has 0 spiro atoms. The molecule has 1 rings (SSSR count). The fourth-order valence-electron chi connectivity index (χ4n) is 2.05. The summed E-state index contributed by atoms with van der Waals surface area (Å²) in [4.78, 5) is 4.15. The molecule has 0 fully saturated rings. The Bertz CT molecular complexity index is 384. The fraction of sp³-hybridized carbons (Fsp3) is 0.722. The van der Waals surface area contributed by atoms with Gasteiger partial charge in [-0.2, -0.15) is 0 Å². The van der Waals surface area contributed by atoms with Crippen molar-refractivity contribution in [3.8, 4) is 0 Å². The maximum absolute atomic E-state index is 6.20. The van der Waals surface area contributed by atoms with Crippen LogP contribution in [-0.4, -0.2) is 19.9 Å². The van der Waals surface area contributed by atoms with Gasteiger partial charge in [-0.1, -0.05) is 46.1 Å². The van der Waals surface area contributed by atoms with Crippen LogP contribution in [0.15, 0.2) is 24.5 Å². The molecule has 0 radical (unpaired) electrons. The van der Waals surface area contributed by atoms with Gasteiger partial charge in [0.15, 0.2) is 0 Å². The second kappa shape index (κ2) is 8.69. The highest BCUT2D eigenvalue weighted by atomic mass is 28.4. The molecule has 0 aliphatic carbocycles. The van der Waals surface area contributed by atoms with E-state index in [1.165, 1.54) is 37.7 Å². The number of pyridine rings is 1. The van der Waals surface area contributed by atoms with Crippen LogP contribution in [0.3, 0.4) is 0 Å². The zero-order valence-corrected chi connectivity index (χ0v) is 15.6. The number of aromatic nitrogens is 1. The van der Waals surface area contributed by atoms with Gasteiger partial charge in [-0.05, 0) is 39.2 Å². The number of hydrogen-bond donors (Lipinski definition) is 0. The van der Waals surface area contributed by atoms with Crippen LogP contribution in [0.1, 0.15) is 58.4 Å². The molecule has 0 amide bonds. The van der Waals surface area contributed by atoms with E-state index in [1.807, 2.05) is 18.5 Å². The van der Waals surface area contributed by atoms with Crippen molar-refractivity contribution in [3.05, 3.63) is 30.1 Å². The van der Waals surface area contributed by atoms with Gasteiger partial charge in [-0.3, -0.25) is 4.98 Å². The highest BCUT2D eigenvalue weighted by Crippen LogP contribution is 2.36. The van der Waals surface area contributed by atoms with Crippen LogP contribution in [0.4, 0.5) is 0 Å². The second-order valence-electron chi connectivity index (χ2n) is 7.49. The summed E-state index contributed by atoms with van der Waals surface area (Å²) in [6.07, 6.45) is 11.4. The Morgan fingerprint density at radius 2 is 1.71 bits per heavy atom. The lowest BCUT2D eigenvalue weighted by atomic mass is 10.1. The molecule has 1 heterocycles. The Hall–Kier alpha value is -0.673. The van der Waals surface area contributed by atoms with Crippen molar-refractivity contribution >= 4 is 8.32 Å². The van der Waals surface area contributed by atoms with Crippen molar-refractivity contribution in [2.24, 2.45) is 0 Å². The number of rotatable bonds is 9. The van der Waals surface area contributed by atoms with E-state index in [1.54, 1.807) is 0 Å². The quantitative estimate of drug-likeness (QED) is 0.438. The molecule has 0 atom stereocenters. The predicted octanol–water partition coefficient (Wildman–Crippen LogP) is 5.60. The van der Waals surface area contributed by atoms with Crippen molar-refractivity contribution < 1.29 is 4.43 Å². The highest BCUT2D eigenvalue weighted by molar-refractivity contribution is 6.74. The smallest absolute Gasteiger partial charge is 0.0299 e. The van der Waals surface area contributed by atoms with E-state index in [9.17, 15) is 0 Å². The molecule has 3 heteroatoms. The van der Waals surface area contributed by atoms with E-state index in [2.05, 4.69) is 44.9 Å². The topological polar surface area (TPSA) is 22.1 Å². The number of unbranched alkanes of at least 4 members (excludes halogenated alkanes) is 4. The predicted molar refractivity (Wildman–Crippen MR) is 94.2 cm³/mol. The lowest BCUT2D eigenvalue weighted by Gasteiger charge is -2.48. The van der Waals surface area contributed by atoms with Gasteiger partial charge in [-0.25, -0.2) is 0 Å². The molecule has 1 aromatic rings. The molecule has 21 heavy (non-hydrogen) atoms. The molecule has 0 N–H and O–H groups in total. The number of aryl methyl sites for hydroxylation is 1. The average molecular weight is 308 g/mol. The largest absolute Gasteiger partial charge is 0.565 e. The molecule has 1 aromatic heterocycles. The fourth-order valence-corrected chi connectivity index (χ4v) is 3.14. The van der Waals surface area contributed by atoms with Crippen LogP contribution in [0.5, 0.6) is 0 Å². The van der Waals surface area contributed by atoms with Gasteiger partial charge in [0.1, 0.15) is 0 Å². The van der Waals surface area contributed by atoms with Crippen LogP contribution in [0, 0.1) is 0 Å². The van der Waals surface area contributed by atoms with Crippen molar-refractivity contribution in [3.63, 3.8) is 0 Å². The van der Waals surface area contributed by atoms with E-state index in [0.717, 1.165) is 13.0 Å². The monoisotopic (exact) mass is 307 g/mol. The molecular weight excluding hydrogens is 274 g/mol. The third-order valence-corrected chi connectivity index (χ3v) is 9.14. The van der Waals surface area contributed by atoms with Crippen molar-refractivity contribution in [2.45, 2.75) is 77.4 Å². The van der Waals surface area contributed by atoms with Gasteiger partial charge in [-0.15, -0.1) is 18.1 Å². The molecule has 0 saturated heterocycles. The summed E-state index contributed by atoms with van der Waals surface area (Å²) in [6.45, 7) is 12.5. The first-order chi connectivity index (χ1) is 9.83. The van der Waals surface area contributed by atoms with Crippen LogP contribution in [-0.2, 0) is 10.8 Å². The Balaban J connectivity index is 2.00. The maximum Gasteiger partial charge on any atom is 0.0299 e. The number of nitrogens with zero attached hydrogens (tertiary/aromatic N) is 1. The van der Waals surface area contributed by atoms with Crippen LogP contribution in [0.2, 0.25) is 18.1 Å². The minimum atomic E-state index is -1.53. The molecule has 0 bridgehead atoms. The summed E-state index contributed by atoms with van der Waals surface area (Å²) in [7, 11) is -1.53. The molecule has 0 aliphatic heterocycles. The van der Waals surface area contributed by atoms with Gasteiger partial charge in [0.25, 0.3) is 0 Å². The summed E-state index contributed by atoms with van der Waals surface area (Å²) in [5, 5.41) is 0.330. The van der Waals surface area contributed by atoms with E-state index < -0.39 is 8.32 Å². The molecule has 0 unspecified atom stereocenters. The highest BCUT2D eigenvalue weighted by Gasteiger charge is 2.24. The standard InChI is InChI=1S/C18H33NOSi/c1-18(2,3)21(4,5)20-15-10-8-6-7-9-12-17-13-11-14-19-16-17/h11,13-14,16H,6-10,12,15H2,1-5H3/q-1. The molecule has 2 nitrogen and oxygen atoms in total. The lowest BCUT2D eigenvalue weighted by Crippen LogP contribution is -2.40. The summed E-state index contributed by atoms with van der Waals surface area (Å²) in [6, 6.07) is 4.19. The Labute approximate surface area is 132 Å². The van der Waals surface area contributed by atoms with Gasteiger partial charge < -0.3 is 4.43 Å². The first-order valence-electron chi connectivity index (χ1n) is 8.36. The zero-order valence-electron chi connectivity index (χ0n) is 14.6. The minimum absolute atomic E-state index is 0.330. The summed E-state index contributed by atoms with van der Waals surface area (Å²) >= 11 is 0. The zero-order chi connectivity index (χ0) is 15.8. The summed E-state index contributed by atoms with van der Waals surface area (Å²) < 4.78 is 6.20. The van der Waals surface area contributed by atoms with Gasteiger partial charge in [0.2, 0.25) is 0 Å². The Kier molecular flexibility index (Phi) is 7.61.